The number of rotatable bonds is 4. The average Bonchev–Trinajstić information content (AvgIpc) is 3.23. The second-order valence-corrected chi connectivity index (χ2v) is 8.24. The monoisotopic (exact) mass is 529 g/mol. The summed E-state index contributed by atoms with van der Waals surface area (Å²) in [6, 6.07) is 6.73. The molecule has 1 fully saturated rings. The highest BCUT2D eigenvalue weighted by Crippen LogP contribution is 2.35. The molecule has 0 aliphatic carbocycles. The number of amides is 3. The highest BCUT2D eigenvalue weighted by Gasteiger charge is 2.55. The summed E-state index contributed by atoms with van der Waals surface area (Å²) in [5, 5.41) is 10.7. The van der Waals surface area contributed by atoms with E-state index in [4.69, 9.17) is 11.6 Å². The van der Waals surface area contributed by atoms with Gasteiger partial charge in [-0.2, -0.15) is 18.3 Å². The highest BCUT2D eigenvalue weighted by atomic mass is 79.9. The Morgan fingerprint density at radius 1 is 1.12 bits per heavy atom. The molecule has 1 saturated heterocycles. The van der Waals surface area contributed by atoms with E-state index in [0.717, 1.165) is 26.5 Å². The Labute approximate surface area is 192 Å². The van der Waals surface area contributed by atoms with E-state index in [1.165, 1.54) is 0 Å². The van der Waals surface area contributed by atoms with Crippen molar-refractivity contribution < 1.29 is 27.6 Å². The highest BCUT2D eigenvalue weighted by molar-refractivity contribution is 9.10. The third kappa shape index (κ3) is 4.07. The molecule has 13 heteroatoms. The van der Waals surface area contributed by atoms with Gasteiger partial charge in [-0.3, -0.25) is 19.4 Å². The molecule has 2 heterocycles. The number of carbonyl (C=O) groups is 3. The lowest BCUT2D eigenvalue weighted by molar-refractivity contribution is -0.137. The van der Waals surface area contributed by atoms with Crippen LogP contribution >= 0.6 is 27.5 Å². The average molecular weight is 531 g/mol. The predicted molar refractivity (Wildman–Crippen MR) is 111 cm³/mol. The third-order valence-corrected chi connectivity index (χ3v) is 5.67. The number of hydrogen-bond donors (Lipinski definition) is 1. The number of imide groups is 1. The molecule has 0 aromatic heterocycles. The number of halogens is 5. The number of hydrogen-bond acceptors (Lipinski definition) is 6. The van der Waals surface area contributed by atoms with Crippen molar-refractivity contribution in [2.45, 2.75) is 18.3 Å². The first kappa shape index (κ1) is 22.2. The van der Waals surface area contributed by atoms with Crippen LogP contribution in [0.25, 0.3) is 0 Å². The predicted octanol–water partition coefficient (Wildman–Crippen LogP) is 4.05. The van der Waals surface area contributed by atoms with Gasteiger partial charge in [-0.15, -0.1) is 0 Å². The minimum atomic E-state index is -4.62. The molecule has 2 aliphatic rings. The summed E-state index contributed by atoms with van der Waals surface area (Å²) in [6.45, 7) is -0.523. The molecule has 0 radical (unpaired) electrons. The smallest absolute Gasteiger partial charge is 0.323 e. The summed E-state index contributed by atoms with van der Waals surface area (Å²) in [5.41, 5.74) is -0.891. The van der Waals surface area contributed by atoms with Gasteiger partial charge < -0.3 is 5.32 Å². The molecule has 0 bridgehead atoms. The van der Waals surface area contributed by atoms with E-state index in [-0.39, 0.29) is 10.7 Å². The lowest BCUT2D eigenvalue weighted by Gasteiger charge is -2.20. The quantitative estimate of drug-likeness (QED) is 0.604. The van der Waals surface area contributed by atoms with Crippen LogP contribution in [-0.4, -0.2) is 41.4 Å². The molecule has 2 aromatic carbocycles. The maximum Gasteiger partial charge on any atom is 0.416 e. The summed E-state index contributed by atoms with van der Waals surface area (Å²) in [4.78, 5) is 39.0. The molecule has 2 aliphatic heterocycles. The molecule has 4 rings (SSSR count). The number of nitrogens with zero attached hydrogens (tertiary/aromatic N) is 4. The van der Waals surface area contributed by atoms with Crippen molar-refractivity contribution in [1.82, 2.24) is 5.01 Å². The van der Waals surface area contributed by atoms with Crippen LogP contribution in [0.1, 0.15) is 5.56 Å². The van der Waals surface area contributed by atoms with Gasteiger partial charge in [-0.25, -0.2) is 4.90 Å². The third-order valence-electron chi connectivity index (χ3n) is 4.82. The van der Waals surface area contributed by atoms with Crippen LogP contribution in [0.15, 0.2) is 57.3 Å². The number of fused-ring (bicyclic) bond motifs is 1. The Morgan fingerprint density at radius 2 is 1.81 bits per heavy atom. The maximum atomic E-state index is 12.9. The number of anilines is 2. The molecule has 2 aromatic rings. The molecule has 0 unspecified atom stereocenters. The zero-order valence-electron chi connectivity index (χ0n) is 15.8. The fraction of sp³-hybridized carbons (Fsp3) is 0.211. The largest absolute Gasteiger partial charge is 0.416 e. The Morgan fingerprint density at radius 3 is 2.47 bits per heavy atom. The molecule has 1 N–H and O–H groups in total. The molecule has 3 amide bonds. The van der Waals surface area contributed by atoms with Crippen LogP contribution in [0.3, 0.4) is 0 Å². The SMILES string of the molecule is O=C(CN1N=N[C@@H]2C(=O)N(c3ccc(Br)cc3)C(=O)[C@H]21)Nc1cc(C(F)(F)F)ccc1Cl. The van der Waals surface area contributed by atoms with Crippen molar-refractivity contribution in [2.75, 3.05) is 16.8 Å². The van der Waals surface area contributed by atoms with Gasteiger partial charge in [0.05, 0.1) is 22.0 Å². The molecule has 166 valence electrons. The van der Waals surface area contributed by atoms with Crippen LogP contribution in [-0.2, 0) is 20.6 Å². The van der Waals surface area contributed by atoms with E-state index in [1.807, 2.05) is 0 Å². The van der Waals surface area contributed by atoms with Gasteiger partial charge in [-0.1, -0.05) is 32.8 Å². The fourth-order valence-electron chi connectivity index (χ4n) is 3.33. The lowest BCUT2D eigenvalue weighted by atomic mass is 10.1. The topological polar surface area (TPSA) is 94.4 Å². The van der Waals surface area contributed by atoms with Crippen molar-refractivity contribution in [2.24, 2.45) is 10.3 Å². The summed E-state index contributed by atoms with van der Waals surface area (Å²) in [7, 11) is 0. The van der Waals surface area contributed by atoms with E-state index in [1.54, 1.807) is 24.3 Å². The van der Waals surface area contributed by atoms with Crippen LogP contribution in [0, 0.1) is 0 Å². The first-order valence-electron chi connectivity index (χ1n) is 9.03. The van der Waals surface area contributed by atoms with Gasteiger partial charge in [0.15, 0.2) is 12.1 Å². The summed E-state index contributed by atoms with van der Waals surface area (Å²) < 4.78 is 39.5. The van der Waals surface area contributed by atoms with Crippen LogP contribution in [0.2, 0.25) is 5.02 Å². The number of nitrogens with one attached hydrogen (secondary N) is 1. The van der Waals surface area contributed by atoms with Crippen molar-refractivity contribution in [1.29, 1.82) is 0 Å². The van der Waals surface area contributed by atoms with E-state index < -0.39 is 48.1 Å². The Balaban J connectivity index is 1.49. The summed E-state index contributed by atoms with van der Waals surface area (Å²) >= 11 is 9.16. The molecule has 8 nitrogen and oxygen atoms in total. The minimum absolute atomic E-state index is 0.0965. The van der Waals surface area contributed by atoms with Gasteiger partial charge in [0.25, 0.3) is 11.8 Å². The van der Waals surface area contributed by atoms with Crippen LogP contribution in [0.4, 0.5) is 24.5 Å². The molecule has 0 saturated carbocycles. The van der Waals surface area contributed by atoms with E-state index in [9.17, 15) is 27.6 Å². The first-order chi connectivity index (χ1) is 15.1. The van der Waals surface area contributed by atoms with Crippen molar-refractivity contribution in [3.8, 4) is 0 Å². The molecule has 2 atom stereocenters. The molecular weight excluding hydrogens is 519 g/mol. The second kappa shape index (κ2) is 8.17. The molecule has 32 heavy (non-hydrogen) atoms. The van der Waals surface area contributed by atoms with E-state index in [0.29, 0.717) is 11.8 Å². The summed E-state index contributed by atoms with van der Waals surface area (Å²) in [5.74, 6) is -1.99. The fourth-order valence-corrected chi connectivity index (χ4v) is 3.76. The van der Waals surface area contributed by atoms with Crippen molar-refractivity contribution in [3.05, 3.63) is 57.5 Å². The molecular formula is C19H12BrClF3N5O3. The first-order valence-corrected chi connectivity index (χ1v) is 10.2. The number of carbonyl (C=O) groups excluding carboxylic acids is 3. The van der Waals surface area contributed by atoms with Gasteiger partial charge in [0.1, 0.15) is 6.54 Å². The summed E-state index contributed by atoms with van der Waals surface area (Å²) in [6.07, 6.45) is -4.62. The van der Waals surface area contributed by atoms with E-state index >= 15 is 0 Å². The number of benzene rings is 2. The second-order valence-electron chi connectivity index (χ2n) is 6.92. The van der Waals surface area contributed by atoms with Gasteiger partial charge in [0.2, 0.25) is 5.91 Å². The standard InChI is InChI=1S/C19H12BrClF3N5O3/c20-10-2-4-11(5-3-10)29-17(31)15-16(18(29)32)28(27-26-15)8-14(30)25-13-7-9(19(22,23)24)1-6-12(13)21/h1-7,15-16H,8H2,(H,25,30)/t15-,16-/m0/s1. The van der Waals surface area contributed by atoms with Crippen LogP contribution in [0.5, 0.6) is 0 Å². The molecule has 0 spiro atoms. The maximum absolute atomic E-state index is 12.9. The Hall–Kier alpha value is -2.99. The van der Waals surface area contributed by atoms with Crippen molar-refractivity contribution in [3.63, 3.8) is 0 Å². The van der Waals surface area contributed by atoms with E-state index in [2.05, 4.69) is 31.6 Å². The minimum Gasteiger partial charge on any atom is -0.323 e. The lowest BCUT2D eigenvalue weighted by Crippen LogP contribution is -2.43. The normalized spacial score (nSPS) is 20.2. The van der Waals surface area contributed by atoms with Gasteiger partial charge in [0, 0.05) is 4.47 Å². The Bertz CT molecular complexity index is 1140. The Kier molecular flexibility index (Phi) is 5.67. The van der Waals surface area contributed by atoms with Crippen molar-refractivity contribution >= 4 is 56.6 Å². The van der Waals surface area contributed by atoms with Gasteiger partial charge in [-0.05, 0) is 42.5 Å². The van der Waals surface area contributed by atoms with Crippen LogP contribution < -0.4 is 10.2 Å². The zero-order valence-corrected chi connectivity index (χ0v) is 18.1. The number of alkyl halides is 3. The zero-order chi connectivity index (χ0) is 23.2. The van der Waals surface area contributed by atoms with Gasteiger partial charge >= 0.3 is 6.18 Å².